The van der Waals surface area contributed by atoms with Gasteiger partial charge in [-0.05, 0) is 33.1 Å². The van der Waals surface area contributed by atoms with Crippen molar-refractivity contribution in [3.8, 4) is 0 Å². The van der Waals surface area contributed by atoms with E-state index < -0.39 is 10.0 Å². The molecule has 7 heteroatoms. The van der Waals surface area contributed by atoms with Crippen molar-refractivity contribution in [2.45, 2.75) is 38.6 Å². The summed E-state index contributed by atoms with van der Waals surface area (Å²) in [5, 5.41) is 3.23. The first-order valence-electron chi connectivity index (χ1n) is 6.72. The summed E-state index contributed by atoms with van der Waals surface area (Å²) in [7, 11) is -3.51. The first-order chi connectivity index (χ1) is 9.44. The molecule has 0 aliphatic carbocycles. The maximum absolute atomic E-state index is 12.4. The van der Waals surface area contributed by atoms with E-state index in [9.17, 15) is 8.42 Å². The molecule has 0 radical (unpaired) electrons. The van der Waals surface area contributed by atoms with Crippen molar-refractivity contribution in [1.82, 2.24) is 10.0 Å². The van der Waals surface area contributed by atoms with Crippen LogP contribution < -0.4 is 10.0 Å². The van der Waals surface area contributed by atoms with Crippen LogP contribution in [-0.4, -0.2) is 33.5 Å². The number of hydrogen-bond donors (Lipinski definition) is 2. The summed E-state index contributed by atoms with van der Waals surface area (Å²) in [6.45, 7) is 7.35. The molecule has 0 atom stereocenters. The minimum Gasteiger partial charge on any atom is -0.465 e. The first-order valence-corrected chi connectivity index (χ1v) is 9.60. The van der Waals surface area contributed by atoms with Crippen LogP contribution in [0.5, 0.6) is 0 Å². The minimum absolute atomic E-state index is 0.291. The molecule has 0 spiro atoms. The Bertz CT molecular complexity index is 524. The maximum atomic E-state index is 12.4. The monoisotopic (exact) mass is 320 g/mol. The van der Waals surface area contributed by atoms with Gasteiger partial charge >= 0.3 is 0 Å². The quantitative estimate of drug-likeness (QED) is 0.681. The van der Waals surface area contributed by atoms with Crippen molar-refractivity contribution < 1.29 is 12.8 Å². The summed E-state index contributed by atoms with van der Waals surface area (Å²) in [5.41, 5.74) is 0.729. The van der Waals surface area contributed by atoms with Gasteiger partial charge in [-0.2, -0.15) is 11.8 Å². The van der Waals surface area contributed by atoms with E-state index in [2.05, 4.69) is 17.0 Å². The van der Waals surface area contributed by atoms with Crippen LogP contribution in [0.2, 0.25) is 0 Å². The van der Waals surface area contributed by atoms with E-state index in [-0.39, 0.29) is 0 Å². The summed E-state index contributed by atoms with van der Waals surface area (Å²) in [4.78, 5) is 0.291. The van der Waals surface area contributed by atoms with Crippen LogP contribution in [0.25, 0.3) is 0 Å². The Labute approximate surface area is 125 Å². The van der Waals surface area contributed by atoms with Crippen molar-refractivity contribution in [3.63, 3.8) is 0 Å². The van der Waals surface area contributed by atoms with Gasteiger partial charge in [0, 0.05) is 24.4 Å². The molecule has 2 N–H and O–H groups in total. The predicted molar refractivity (Wildman–Crippen MR) is 83.8 cm³/mol. The second-order valence-corrected chi connectivity index (χ2v) is 7.28. The zero-order chi connectivity index (χ0) is 15.2. The lowest BCUT2D eigenvalue weighted by atomic mass is 10.2. The molecular formula is C13H24N2O3S2. The summed E-state index contributed by atoms with van der Waals surface area (Å²) in [6.07, 6.45) is 2.95. The Balaban J connectivity index is 2.97. The van der Waals surface area contributed by atoms with Crippen LogP contribution in [0.1, 0.15) is 30.4 Å². The van der Waals surface area contributed by atoms with Gasteiger partial charge in [0.1, 0.15) is 16.4 Å². The third kappa shape index (κ3) is 4.51. The first kappa shape index (κ1) is 17.6. The molecule has 0 saturated heterocycles. The van der Waals surface area contributed by atoms with Crippen molar-refractivity contribution in [2.75, 3.05) is 25.1 Å². The van der Waals surface area contributed by atoms with E-state index in [1.807, 2.05) is 6.26 Å². The van der Waals surface area contributed by atoms with E-state index in [0.29, 0.717) is 29.5 Å². The molecule has 1 aromatic rings. The summed E-state index contributed by atoms with van der Waals surface area (Å²) < 4.78 is 32.9. The molecule has 0 aliphatic rings. The Morgan fingerprint density at radius 3 is 2.50 bits per heavy atom. The number of aryl methyl sites for hydroxylation is 2. The van der Waals surface area contributed by atoms with Crippen LogP contribution in [-0.2, 0) is 16.6 Å². The van der Waals surface area contributed by atoms with Gasteiger partial charge < -0.3 is 9.73 Å². The van der Waals surface area contributed by atoms with Crippen molar-refractivity contribution in [2.24, 2.45) is 0 Å². The molecule has 116 valence electrons. The molecule has 0 saturated carbocycles. The van der Waals surface area contributed by atoms with Crippen LogP contribution in [0.4, 0.5) is 0 Å². The van der Waals surface area contributed by atoms with Gasteiger partial charge in [-0.1, -0.05) is 6.92 Å². The average molecular weight is 320 g/mol. The summed E-state index contributed by atoms with van der Waals surface area (Å²) in [6, 6.07) is 0. The highest BCUT2D eigenvalue weighted by Gasteiger charge is 2.26. The smallest absolute Gasteiger partial charge is 0.244 e. The lowest BCUT2D eigenvalue weighted by molar-refractivity contribution is 0.493. The molecule has 0 amide bonds. The largest absolute Gasteiger partial charge is 0.465 e. The number of hydrogen-bond acceptors (Lipinski definition) is 5. The molecule has 1 rings (SSSR count). The lowest BCUT2D eigenvalue weighted by Gasteiger charge is -2.09. The molecule has 20 heavy (non-hydrogen) atoms. The third-order valence-electron chi connectivity index (χ3n) is 2.92. The number of nitrogens with one attached hydrogen (secondary N) is 2. The highest BCUT2D eigenvalue weighted by atomic mass is 32.2. The van der Waals surface area contributed by atoms with Gasteiger partial charge in [-0.15, -0.1) is 0 Å². The van der Waals surface area contributed by atoms with Crippen LogP contribution in [0.3, 0.4) is 0 Å². The van der Waals surface area contributed by atoms with E-state index in [1.165, 1.54) is 0 Å². The molecule has 0 fully saturated rings. The Kier molecular flexibility index (Phi) is 7.08. The van der Waals surface area contributed by atoms with Crippen molar-refractivity contribution in [3.05, 3.63) is 17.1 Å². The summed E-state index contributed by atoms with van der Waals surface area (Å²) in [5.74, 6) is 1.86. The Morgan fingerprint density at radius 2 is 1.90 bits per heavy atom. The van der Waals surface area contributed by atoms with Gasteiger partial charge in [-0.25, -0.2) is 13.1 Å². The van der Waals surface area contributed by atoms with Crippen LogP contribution in [0, 0.1) is 13.8 Å². The molecule has 0 bridgehead atoms. The lowest BCUT2D eigenvalue weighted by Crippen LogP contribution is -2.28. The molecule has 5 nitrogen and oxygen atoms in total. The molecule has 1 aromatic heterocycles. The summed E-state index contributed by atoms with van der Waals surface area (Å²) >= 11 is 1.61. The number of furan rings is 1. The van der Waals surface area contributed by atoms with E-state index >= 15 is 0 Å². The predicted octanol–water partition coefficient (Wildman–Crippen LogP) is 2.04. The molecule has 0 unspecified atom stereocenters. The van der Waals surface area contributed by atoms with Gasteiger partial charge in [0.15, 0.2) is 0 Å². The third-order valence-corrected chi connectivity index (χ3v) is 5.19. The Morgan fingerprint density at radius 1 is 1.20 bits per heavy atom. The fourth-order valence-electron chi connectivity index (χ4n) is 2.01. The average Bonchev–Trinajstić information content (AvgIpc) is 2.65. The molecular weight excluding hydrogens is 296 g/mol. The van der Waals surface area contributed by atoms with E-state index in [0.717, 1.165) is 24.3 Å². The topological polar surface area (TPSA) is 71.3 Å². The zero-order valence-electron chi connectivity index (χ0n) is 12.6. The van der Waals surface area contributed by atoms with Crippen LogP contribution in [0.15, 0.2) is 9.31 Å². The van der Waals surface area contributed by atoms with Crippen LogP contribution >= 0.6 is 11.8 Å². The highest BCUT2D eigenvalue weighted by molar-refractivity contribution is 7.98. The minimum atomic E-state index is -3.51. The fraction of sp³-hybridized carbons (Fsp3) is 0.692. The van der Waals surface area contributed by atoms with Gasteiger partial charge in [0.25, 0.3) is 0 Å². The normalized spacial score (nSPS) is 12.0. The number of sulfonamides is 1. The maximum Gasteiger partial charge on any atom is 0.244 e. The van der Waals surface area contributed by atoms with Crippen molar-refractivity contribution in [1.29, 1.82) is 0 Å². The van der Waals surface area contributed by atoms with Gasteiger partial charge in [0.2, 0.25) is 10.0 Å². The second kappa shape index (κ2) is 8.07. The molecule has 0 aromatic carbocycles. The fourth-order valence-corrected chi connectivity index (χ4v) is 3.92. The number of rotatable bonds is 9. The zero-order valence-corrected chi connectivity index (χ0v) is 14.2. The standard InChI is InChI=1S/C13H24N2O3S2/c1-5-6-14-9-12-10(2)18-11(3)13(12)20(16,17)15-7-8-19-4/h14-15H,5-9H2,1-4H3. The highest BCUT2D eigenvalue weighted by Crippen LogP contribution is 2.26. The van der Waals surface area contributed by atoms with Gasteiger partial charge in [0.05, 0.1) is 0 Å². The molecule has 0 aliphatic heterocycles. The molecule has 1 heterocycles. The second-order valence-electron chi connectivity index (χ2n) is 4.59. The Hall–Kier alpha value is -0.500. The van der Waals surface area contributed by atoms with E-state index in [4.69, 9.17) is 4.42 Å². The SMILES string of the molecule is CCCNCc1c(C)oc(C)c1S(=O)(=O)NCCSC. The van der Waals surface area contributed by atoms with E-state index in [1.54, 1.807) is 25.6 Å². The van der Waals surface area contributed by atoms with Crippen molar-refractivity contribution >= 4 is 21.8 Å². The van der Waals surface area contributed by atoms with Gasteiger partial charge in [-0.3, -0.25) is 0 Å². The number of thioether (sulfide) groups is 1.